The highest BCUT2D eigenvalue weighted by Gasteiger charge is 2.19. The molecular formula is C13H17N3O. The third-order valence-corrected chi connectivity index (χ3v) is 3.38. The van der Waals surface area contributed by atoms with Crippen molar-refractivity contribution >= 4 is 5.65 Å². The number of pyridine rings is 1. The molecule has 1 aliphatic rings. The van der Waals surface area contributed by atoms with Crippen molar-refractivity contribution in [2.75, 3.05) is 13.2 Å². The molecule has 2 aromatic rings. The van der Waals surface area contributed by atoms with E-state index < -0.39 is 0 Å². The lowest BCUT2D eigenvalue weighted by Gasteiger charge is -2.19. The second kappa shape index (κ2) is 4.47. The van der Waals surface area contributed by atoms with Crippen molar-refractivity contribution in [3.63, 3.8) is 0 Å². The number of imidazole rings is 1. The standard InChI is InChI=1S/C13H17N3O/c14-7-10-3-1-5-16-8-12(15-13(10)16)11-4-2-6-17-9-11/h1,3,5,8,11H,2,4,6-7,9,14H2. The first-order chi connectivity index (χ1) is 8.38. The van der Waals surface area contributed by atoms with E-state index in [1.54, 1.807) is 0 Å². The van der Waals surface area contributed by atoms with Crippen LogP contribution in [0.1, 0.15) is 30.0 Å². The molecule has 1 fully saturated rings. The van der Waals surface area contributed by atoms with E-state index in [1.807, 2.05) is 18.3 Å². The van der Waals surface area contributed by atoms with Gasteiger partial charge in [0.1, 0.15) is 5.65 Å². The molecule has 1 unspecified atom stereocenters. The van der Waals surface area contributed by atoms with Gasteiger partial charge in [0.05, 0.1) is 12.3 Å². The highest BCUT2D eigenvalue weighted by atomic mass is 16.5. The maximum atomic E-state index is 5.73. The number of fused-ring (bicyclic) bond motifs is 1. The third-order valence-electron chi connectivity index (χ3n) is 3.38. The zero-order chi connectivity index (χ0) is 11.7. The van der Waals surface area contributed by atoms with Gasteiger partial charge in [-0.15, -0.1) is 0 Å². The number of rotatable bonds is 2. The van der Waals surface area contributed by atoms with Crippen molar-refractivity contribution in [2.45, 2.75) is 25.3 Å². The Kier molecular flexibility index (Phi) is 2.82. The summed E-state index contributed by atoms with van der Waals surface area (Å²) < 4.78 is 7.58. The number of aromatic nitrogens is 2. The van der Waals surface area contributed by atoms with Crippen LogP contribution in [0.25, 0.3) is 5.65 Å². The fraction of sp³-hybridized carbons (Fsp3) is 0.462. The Hall–Kier alpha value is -1.39. The Morgan fingerprint density at radius 3 is 3.24 bits per heavy atom. The number of ether oxygens (including phenoxy) is 1. The van der Waals surface area contributed by atoms with Gasteiger partial charge in [-0.05, 0) is 18.9 Å². The lowest BCUT2D eigenvalue weighted by atomic mass is 9.99. The zero-order valence-electron chi connectivity index (χ0n) is 9.80. The molecule has 3 rings (SSSR count). The summed E-state index contributed by atoms with van der Waals surface area (Å²) in [7, 11) is 0. The van der Waals surface area contributed by atoms with Crippen molar-refractivity contribution in [3.05, 3.63) is 35.8 Å². The molecule has 0 bridgehead atoms. The van der Waals surface area contributed by atoms with Gasteiger partial charge in [0.25, 0.3) is 0 Å². The van der Waals surface area contributed by atoms with Crippen molar-refractivity contribution in [1.29, 1.82) is 0 Å². The van der Waals surface area contributed by atoms with Crippen molar-refractivity contribution < 1.29 is 4.74 Å². The summed E-state index contributed by atoms with van der Waals surface area (Å²) in [6.07, 6.45) is 6.42. The van der Waals surface area contributed by atoms with Crippen LogP contribution < -0.4 is 5.73 Å². The fourth-order valence-electron chi connectivity index (χ4n) is 2.42. The van der Waals surface area contributed by atoms with Crippen LogP contribution in [0.2, 0.25) is 0 Å². The molecule has 3 heterocycles. The predicted octanol–water partition coefficient (Wildman–Crippen LogP) is 1.69. The maximum Gasteiger partial charge on any atom is 0.141 e. The van der Waals surface area contributed by atoms with Crippen LogP contribution in [-0.4, -0.2) is 22.6 Å². The normalized spacial score (nSPS) is 20.9. The van der Waals surface area contributed by atoms with Crippen LogP contribution in [0.3, 0.4) is 0 Å². The van der Waals surface area contributed by atoms with Gasteiger partial charge in [-0.2, -0.15) is 0 Å². The van der Waals surface area contributed by atoms with Gasteiger partial charge in [0.15, 0.2) is 0 Å². The zero-order valence-corrected chi connectivity index (χ0v) is 9.80. The first-order valence-corrected chi connectivity index (χ1v) is 6.13. The topological polar surface area (TPSA) is 52.5 Å². The average Bonchev–Trinajstić information content (AvgIpc) is 2.83. The summed E-state index contributed by atoms with van der Waals surface area (Å²) in [5.74, 6) is 0.439. The van der Waals surface area contributed by atoms with Crippen LogP contribution in [0.15, 0.2) is 24.5 Å². The van der Waals surface area contributed by atoms with Gasteiger partial charge in [0.2, 0.25) is 0 Å². The smallest absolute Gasteiger partial charge is 0.141 e. The number of nitrogens with two attached hydrogens (primary N) is 1. The van der Waals surface area contributed by atoms with Crippen molar-refractivity contribution in [1.82, 2.24) is 9.38 Å². The Bertz CT molecular complexity index is 514. The molecular weight excluding hydrogens is 214 g/mol. The van der Waals surface area contributed by atoms with Gasteiger partial charge >= 0.3 is 0 Å². The molecule has 0 amide bonds. The van der Waals surface area contributed by atoms with Gasteiger partial charge in [-0.1, -0.05) is 6.07 Å². The average molecular weight is 231 g/mol. The largest absolute Gasteiger partial charge is 0.381 e. The van der Waals surface area contributed by atoms with Gasteiger partial charge in [-0.25, -0.2) is 4.98 Å². The molecule has 4 nitrogen and oxygen atoms in total. The number of hydrogen-bond donors (Lipinski definition) is 1. The number of nitrogens with zero attached hydrogens (tertiary/aromatic N) is 2. The first-order valence-electron chi connectivity index (χ1n) is 6.13. The lowest BCUT2D eigenvalue weighted by Crippen LogP contribution is -2.15. The van der Waals surface area contributed by atoms with E-state index in [0.717, 1.165) is 36.5 Å². The minimum Gasteiger partial charge on any atom is -0.381 e. The minimum atomic E-state index is 0.439. The van der Waals surface area contributed by atoms with E-state index in [9.17, 15) is 0 Å². The van der Waals surface area contributed by atoms with Crippen LogP contribution >= 0.6 is 0 Å². The Morgan fingerprint density at radius 2 is 2.47 bits per heavy atom. The summed E-state index contributed by atoms with van der Waals surface area (Å²) in [6, 6.07) is 4.04. The third kappa shape index (κ3) is 1.94. The molecule has 1 aliphatic heterocycles. The molecule has 17 heavy (non-hydrogen) atoms. The van der Waals surface area contributed by atoms with Crippen molar-refractivity contribution in [3.8, 4) is 0 Å². The second-order valence-electron chi connectivity index (χ2n) is 4.55. The van der Waals surface area contributed by atoms with Gasteiger partial charge < -0.3 is 14.9 Å². The molecule has 0 radical (unpaired) electrons. The highest BCUT2D eigenvalue weighted by molar-refractivity contribution is 5.49. The van der Waals surface area contributed by atoms with Gasteiger partial charge in [-0.3, -0.25) is 0 Å². The van der Waals surface area contributed by atoms with Gasteiger partial charge in [0, 0.05) is 37.0 Å². The Morgan fingerprint density at radius 1 is 1.53 bits per heavy atom. The minimum absolute atomic E-state index is 0.439. The molecule has 1 atom stereocenters. The number of hydrogen-bond acceptors (Lipinski definition) is 3. The summed E-state index contributed by atoms with van der Waals surface area (Å²) in [5.41, 5.74) is 8.93. The molecule has 0 aromatic carbocycles. The Labute approximate surface area is 100 Å². The summed E-state index contributed by atoms with van der Waals surface area (Å²) in [6.45, 7) is 2.21. The quantitative estimate of drug-likeness (QED) is 0.855. The fourth-order valence-corrected chi connectivity index (χ4v) is 2.42. The molecule has 0 aliphatic carbocycles. The van der Waals surface area contributed by atoms with Crippen LogP contribution in [0.4, 0.5) is 0 Å². The van der Waals surface area contributed by atoms with E-state index in [1.165, 1.54) is 6.42 Å². The Balaban J connectivity index is 2.00. The molecule has 0 spiro atoms. The van der Waals surface area contributed by atoms with Crippen molar-refractivity contribution in [2.24, 2.45) is 5.73 Å². The predicted molar refractivity (Wildman–Crippen MR) is 65.9 cm³/mol. The van der Waals surface area contributed by atoms with E-state index in [4.69, 9.17) is 15.5 Å². The SMILES string of the molecule is NCc1cccn2cc(C3CCCOC3)nc12. The van der Waals surface area contributed by atoms with E-state index in [0.29, 0.717) is 12.5 Å². The maximum absolute atomic E-state index is 5.73. The molecule has 4 heteroatoms. The summed E-state index contributed by atoms with van der Waals surface area (Å²) in [5, 5.41) is 0. The highest BCUT2D eigenvalue weighted by Crippen LogP contribution is 2.25. The van der Waals surface area contributed by atoms with E-state index >= 15 is 0 Å². The molecule has 90 valence electrons. The van der Waals surface area contributed by atoms with Crippen LogP contribution in [0.5, 0.6) is 0 Å². The van der Waals surface area contributed by atoms with E-state index in [2.05, 4.69) is 10.6 Å². The molecule has 2 aromatic heterocycles. The van der Waals surface area contributed by atoms with Crippen LogP contribution in [-0.2, 0) is 11.3 Å². The molecule has 0 saturated carbocycles. The molecule has 1 saturated heterocycles. The molecule has 2 N–H and O–H groups in total. The van der Waals surface area contributed by atoms with Crippen LogP contribution in [0, 0.1) is 0 Å². The summed E-state index contributed by atoms with van der Waals surface area (Å²) >= 11 is 0. The lowest BCUT2D eigenvalue weighted by molar-refractivity contribution is 0.0794. The first kappa shape index (κ1) is 10.7. The summed E-state index contributed by atoms with van der Waals surface area (Å²) in [4.78, 5) is 4.71. The van der Waals surface area contributed by atoms with E-state index in [-0.39, 0.29) is 0 Å². The monoisotopic (exact) mass is 231 g/mol. The second-order valence-corrected chi connectivity index (χ2v) is 4.55.